The minimum Gasteiger partial charge on any atom is -0.462 e. The van der Waals surface area contributed by atoms with Crippen molar-refractivity contribution in [2.24, 2.45) is 0 Å². The first-order valence-electron chi connectivity index (χ1n) is 9.05. The van der Waals surface area contributed by atoms with Crippen molar-refractivity contribution in [2.75, 3.05) is 18.6 Å². The second kappa shape index (κ2) is 9.29. The van der Waals surface area contributed by atoms with E-state index in [4.69, 9.17) is 10.5 Å². The number of thioether (sulfide) groups is 1. The molecule has 0 bridgehead atoms. The second-order valence-electron chi connectivity index (χ2n) is 6.15. The molecule has 0 unspecified atom stereocenters. The SMILES string of the molecule is CCOC(=O)c1cnn(-c2ccc(C(=O)NCc3ccc(SC)cc3)cc2)c1N. The number of nitrogens with one attached hydrogen (secondary N) is 1. The number of amides is 1. The molecule has 3 rings (SSSR count). The number of carbonyl (C=O) groups excluding carboxylic acids is 2. The van der Waals surface area contributed by atoms with E-state index >= 15 is 0 Å². The zero-order chi connectivity index (χ0) is 20.8. The number of hydrogen-bond donors (Lipinski definition) is 2. The number of benzene rings is 2. The van der Waals surface area contributed by atoms with Crippen molar-refractivity contribution < 1.29 is 14.3 Å². The van der Waals surface area contributed by atoms with Crippen LogP contribution in [-0.4, -0.2) is 34.5 Å². The van der Waals surface area contributed by atoms with E-state index in [1.807, 2.05) is 30.5 Å². The summed E-state index contributed by atoms with van der Waals surface area (Å²) in [5.74, 6) is -0.502. The summed E-state index contributed by atoms with van der Waals surface area (Å²) in [4.78, 5) is 25.4. The van der Waals surface area contributed by atoms with Gasteiger partial charge in [0.1, 0.15) is 11.4 Å². The lowest BCUT2D eigenvalue weighted by atomic mass is 10.1. The first kappa shape index (κ1) is 20.5. The molecule has 3 N–H and O–H groups in total. The van der Waals surface area contributed by atoms with E-state index in [0.717, 1.165) is 5.56 Å². The highest BCUT2D eigenvalue weighted by Gasteiger charge is 2.17. The van der Waals surface area contributed by atoms with Crippen LogP contribution in [0.15, 0.2) is 59.6 Å². The Kier molecular flexibility index (Phi) is 6.56. The molecule has 0 spiro atoms. The van der Waals surface area contributed by atoms with Gasteiger partial charge in [-0.3, -0.25) is 4.79 Å². The maximum Gasteiger partial charge on any atom is 0.343 e. The van der Waals surface area contributed by atoms with Crippen molar-refractivity contribution in [1.29, 1.82) is 0 Å². The molecule has 150 valence electrons. The molecule has 7 nitrogen and oxygen atoms in total. The number of rotatable bonds is 7. The van der Waals surface area contributed by atoms with E-state index < -0.39 is 5.97 Å². The maximum absolute atomic E-state index is 12.4. The van der Waals surface area contributed by atoms with Gasteiger partial charge in [0.25, 0.3) is 5.91 Å². The minimum atomic E-state index is -0.516. The molecule has 1 amide bonds. The highest BCUT2D eigenvalue weighted by molar-refractivity contribution is 7.98. The van der Waals surface area contributed by atoms with Gasteiger partial charge in [0.15, 0.2) is 0 Å². The lowest BCUT2D eigenvalue weighted by Crippen LogP contribution is -2.22. The third-order valence-electron chi connectivity index (χ3n) is 4.29. The number of nitrogens with zero attached hydrogens (tertiary/aromatic N) is 2. The van der Waals surface area contributed by atoms with Crippen LogP contribution in [0.5, 0.6) is 0 Å². The fraction of sp³-hybridized carbons (Fsp3) is 0.190. The molecular weight excluding hydrogens is 388 g/mol. The van der Waals surface area contributed by atoms with Gasteiger partial charge >= 0.3 is 5.97 Å². The molecular formula is C21H22N4O3S. The van der Waals surface area contributed by atoms with Crippen LogP contribution in [0.25, 0.3) is 5.69 Å². The van der Waals surface area contributed by atoms with Crippen molar-refractivity contribution in [3.8, 4) is 5.69 Å². The molecule has 8 heteroatoms. The van der Waals surface area contributed by atoms with Crippen LogP contribution in [0.3, 0.4) is 0 Å². The van der Waals surface area contributed by atoms with Crippen molar-refractivity contribution in [2.45, 2.75) is 18.4 Å². The molecule has 0 aliphatic heterocycles. The lowest BCUT2D eigenvalue weighted by Gasteiger charge is -2.08. The molecule has 3 aromatic rings. The molecule has 0 radical (unpaired) electrons. The highest BCUT2D eigenvalue weighted by Crippen LogP contribution is 2.19. The van der Waals surface area contributed by atoms with E-state index in [1.165, 1.54) is 15.8 Å². The van der Waals surface area contributed by atoms with Crippen LogP contribution >= 0.6 is 11.8 Å². The normalized spacial score (nSPS) is 10.6. The summed E-state index contributed by atoms with van der Waals surface area (Å²) < 4.78 is 6.39. The standard InChI is InChI=1S/C21H22N4O3S/c1-3-28-21(27)18-13-24-25(19(18)22)16-8-6-15(7-9-16)20(26)23-12-14-4-10-17(29-2)11-5-14/h4-11,13H,3,12,22H2,1-2H3,(H,23,26). The average molecular weight is 410 g/mol. The van der Waals surface area contributed by atoms with Crippen LogP contribution in [0, 0.1) is 0 Å². The van der Waals surface area contributed by atoms with E-state index in [1.54, 1.807) is 43.0 Å². The molecule has 29 heavy (non-hydrogen) atoms. The Morgan fingerprint density at radius 1 is 1.14 bits per heavy atom. The molecule has 1 heterocycles. The first-order chi connectivity index (χ1) is 14.0. The lowest BCUT2D eigenvalue weighted by molar-refractivity contribution is 0.0527. The predicted octanol–water partition coefficient (Wildman–Crippen LogP) is 3.28. The van der Waals surface area contributed by atoms with E-state index in [0.29, 0.717) is 17.8 Å². The minimum absolute atomic E-state index is 0.175. The summed E-state index contributed by atoms with van der Waals surface area (Å²) in [5.41, 5.74) is 8.42. The number of hydrogen-bond acceptors (Lipinski definition) is 6. The fourth-order valence-electron chi connectivity index (χ4n) is 2.71. The Bertz CT molecular complexity index is 998. The summed E-state index contributed by atoms with van der Waals surface area (Å²) in [6.45, 7) is 2.43. The van der Waals surface area contributed by atoms with Crippen LogP contribution in [-0.2, 0) is 11.3 Å². The van der Waals surface area contributed by atoms with Crippen LogP contribution in [0.1, 0.15) is 33.2 Å². The largest absolute Gasteiger partial charge is 0.462 e. The Morgan fingerprint density at radius 3 is 2.45 bits per heavy atom. The van der Waals surface area contributed by atoms with Gasteiger partial charge in [-0.15, -0.1) is 11.8 Å². The Labute approximate surface area is 173 Å². The number of nitrogen functional groups attached to an aromatic ring is 1. The van der Waals surface area contributed by atoms with Gasteiger partial charge in [0, 0.05) is 17.0 Å². The number of aromatic nitrogens is 2. The Morgan fingerprint density at radius 2 is 1.83 bits per heavy atom. The number of ether oxygens (including phenoxy) is 1. The summed E-state index contributed by atoms with van der Waals surface area (Å²) in [5, 5.41) is 7.04. The summed E-state index contributed by atoms with van der Waals surface area (Å²) >= 11 is 1.68. The number of anilines is 1. The van der Waals surface area contributed by atoms with Crippen molar-refractivity contribution in [3.05, 3.63) is 71.4 Å². The first-order valence-corrected chi connectivity index (χ1v) is 10.3. The zero-order valence-corrected chi connectivity index (χ0v) is 17.0. The van der Waals surface area contributed by atoms with Crippen LogP contribution in [0.2, 0.25) is 0 Å². The summed E-state index contributed by atoms with van der Waals surface area (Å²) in [6.07, 6.45) is 3.39. The van der Waals surface area contributed by atoms with E-state index in [-0.39, 0.29) is 23.9 Å². The average Bonchev–Trinajstić information content (AvgIpc) is 3.14. The predicted molar refractivity (Wildman–Crippen MR) is 113 cm³/mol. The molecule has 0 saturated heterocycles. The highest BCUT2D eigenvalue weighted by atomic mass is 32.2. The second-order valence-corrected chi connectivity index (χ2v) is 7.03. The maximum atomic E-state index is 12.4. The van der Waals surface area contributed by atoms with Crippen molar-refractivity contribution >= 4 is 29.5 Å². The number of carbonyl (C=O) groups is 2. The molecule has 0 atom stereocenters. The van der Waals surface area contributed by atoms with Gasteiger partial charge in [-0.25, -0.2) is 9.48 Å². The molecule has 0 fully saturated rings. The van der Waals surface area contributed by atoms with Gasteiger partial charge in [0.2, 0.25) is 0 Å². The monoisotopic (exact) mass is 410 g/mol. The number of nitrogens with two attached hydrogens (primary N) is 1. The third-order valence-corrected chi connectivity index (χ3v) is 5.03. The molecule has 0 aliphatic rings. The molecule has 1 aromatic heterocycles. The van der Waals surface area contributed by atoms with Gasteiger partial charge in [-0.1, -0.05) is 12.1 Å². The summed E-state index contributed by atoms with van der Waals surface area (Å²) in [6, 6.07) is 14.9. The van der Waals surface area contributed by atoms with Gasteiger partial charge < -0.3 is 15.8 Å². The third kappa shape index (κ3) is 4.78. The van der Waals surface area contributed by atoms with Crippen molar-refractivity contribution in [1.82, 2.24) is 15.1 Å². The number of esters is 1. The van der Waals surface area contributed by atoms with Crippen molar-refractivity contribution in [3.63, 3.8) is 0 Å². The van der Waals surface area contributed by atoms with Gasteiger partial charge in [-0.05, 0) is 55.1 Å². The molecule has 0 aliphatic carbocycles. The Hall–Kier alpha value is -3.26. The zero-order valence-electron chi connectivity index (χ0n) is 16.2. The van der Waals surface area contributed by atoms with Crippen LogP contribution < -0.4 is 11.1 Å². The summed E-state index contributed by atoms with van der Waals surface area (Å²) in [7, 11) is 0. The van der Waals surface area contributed by atoms with Gasteiger partial charge in [-0.2, -0.15) is 5.10 Å². The van der Waals surface area contributed by atoms with E-state index in [9.17, 15) is 9.59 Å². The quantitative estimate of drug-likeness (QED) is 0.458. The topological polar surface area (TPSA) is 99.2 Å². The molecule has 2 aromatic carbocycles. The van der Waals surface area contributed by atoms with E-state index in [2.05, 4.69) is 10.4 Å². The Balaban J connectivity index is 1.66. The van der Waals surface area contributed by atoms with Gasteiger partial charge in [0.05, 0.1) is 18.5 Å². The van der Waals surface area contributed by atoms with Crippen LogP contribution in [0.4, 0.5) is 5.82 Å². The fourth-order valence-corrected chi connectivity index (χ4v) is 3.12. The molecule has 0 saturated carbocycles. The smallest absolute Gasteiger partial charge is 0.343 e.